The first-order valence-corrected chi connectivity index (χ1v) is 13.4. The van der Waals surface area contributed by atoms with E-state index in [0.29, 0.717) is 31.2 Å². The summed E-state index contributed by atoms with van der Waals surface area (Å²) in [7, 11) is 0. The summed E-state index contributed by atoms with van der Waals surface area (Å²) in [6.45, 7) is 10.7. The summed E-state index contributed by atoms with van der Waals surface area (Å²) in [6.07, 6.45) is 7.57. The average molecular weight is 464 g/mol. The molecule has 5 nitrogen and oxygen atoms in total. The van der Waals surface area contributed by atoms with Gasteiger partial charge in [-0.2, -0.15) is 0 Å². The summed E-state index contributed by atoms with van der Waals surface area (Å²) in [5.74, 6) is 4.11. The number of hydrogen-bond acceptors (Lipinski definition) is 4. The SMILES string of the molecule is Cc1ccc(CC(=O)[C@@H]2CC(C)(O)C[C@H]2c2nnc(C3CC(CC(C)C)C3)n2C2CC2)c(C)c1. The van der Waals surface area contributed by atoms with Crippen LogP contribution in [0, 0.1) is 31.6 Å². The van der Waals surface area contributed by atoms with Crippen LogP contribution in [-0.2, 0) is 11.2 Å². The van der Waals surface area contributed by atoms with E-state index in [-0.39, 0.29) is 17.6 Å². The number of rotatable bonds is 8. The third-order valence-electron chi connectivity index (χ3n) is 8.48. The minimum absolute atomic E-state index is 0.0540. The second kappa shape index (κ2) is 8.89. The minimum atomic E-state index is -0.841. The number of aryl methyl sites for hydroxylation is 2. The Labute approximate surface area is 204 Å². The fraction of sp³-hybridized carbons (Fsp3) is 0.690. The van der Waals surface area contributed by atoms with Gasteiger partial charge in [0.2, 0.25) is 0 Å². The molecule has 3 aliphatic rings. The van der Waals surface area contributed by atoms with Crippen molar-refractivity contribution in [3.63, 3.8) is 0 Å². The van der Waals surface area contributed by atoms with E-state index in [4.69, 9.17) is 10.2 Å². The zero-order valence-corrected chi connectivity index (χ0v) is 21.6. The average Bonchev–Trinajstić information content (AvgIpc) is 3.38. The lowest BCUT2D eigenvalue weighted by Crippen LogP contribution is -2.27. The summed E-state index contributed by atoms with van der Waals surface area (Å²) in [5.41, 5.74) is 2.63. The molecule has 184 valence electrons. The van der Waals surface area contributed by atoms with Crippen molar-refractivity contribution in [1.29, 1.82) is 0 Å². The molecule has 0 bridgehead atoms. The van der Waals surface area contributed by atoms with Crippen LogP contribution >= 0.6 is 0 Å². The van der Waals surface area contributed by atoms with Crippen LogP contribution in [0.5, 0.6) is 0 Å². The van der Waals surface area contributed by atoms with Crippen LogP contribution in [-0.4, -0.2) is 31.3 Å². The Kier molecular flexibility index (Phi) is 6.20. The number of carbonyl (C=O) groups is 1. The van der Waals surface area contributed by atoms with Gasteiger partial charge in [-0.05, 0) is 88.7 Å². The molecule has 1 unspecified atom stereocenters. The molecule has 0 radical (unpaired) electrons. The second-order valence-electron chi connectivity index (χ2n) is 12.4. The largest absolute Gasteiger partial charge is 0.390 e. The van der Waals surface area contributed by atoms with Gasteiger partial charge in [0.25, 0.3) is 0 Å². The monoisotopic (exact) mass is 463 g/mol. The van der Waals surface area contributed by atoms with Gasteiger partial charge in [-0.3, -0.25) is 4.79 Å². The number of carbonyl (C=O) groups excluding carboxylic acids is 1. The quantitative estimate of drug-likeness (QED) is 0.535. The van der Waals surface area contributed by atoms with E-state index in [1.54, 1.807) is 0 Å². The molecule has 1 N–H and O–H groups in total. The van der Waals surface area contributed by atoms with Gasteiger partial charge in [0, 0.05) is 30.2 Å². The van der Waals surface area contributed by atoms with Crippen molar-refractivity contribution in [3.8, 4) is 0 Å². The van der Waals surface area contributed by atoms with Crippen LogP contribution in [0.25, 0.3) is 0 Å². The van der Waals surface area contributed by atoms with Crippen LogP contribution in [0.4, 0.5) is 0 Å². The number of ketones is 1. The normalized spacial score (nSPS) is 31.1. The maximum atomic E-state index is 13.6. The highest BCUT2D eigenvalue weighted by Crippen LogP contribution is 2.51. The highest BCUT2D eigenvalue weighted by atomic mass is 16.3. The summed E-state index contributed by atoms with van der Waals surface area (Å²) >= 11 is 0. The molecule has 1 heterocycles. The molecule has 5 heteroatoms. The van der Waals surface area contributed by atoms with E-state index >= 15 is 0 Å². The Hall–Kier alpha value is -2.01. The van der Waals surface area contributed by atoms with Gasteiger partial charge >= 0.3 is 0 Å². The van der Waals surface area contributed by atoms with E-state index in [0.717, 1.165) is 29.0 Å². The molecule has 0 spiro atoms. The fourth-order valence-electron chi connectivity index (χ4n) is 6.65. The van der Waals surface area contributed by atoms with Gasteiger partial charge in [0.05, 0.1) is 5.60 Å². The number of Topliss-reactive ketones (excluding diaryl/α,β-unsaturated/α-hetero) is 1. The molecular formula is C29H41N3O2. The van der Waals surface area contributed by atoms with Crippen LogP contribution in [0.15, 0.2) is 18.2 Å². The first-order chi connectivity index (χ1) is 16.1. The van der Waals surface area contributed by atoms with E-state index in [2.05, 4.69) is 50.5 Å². The molecule has 0 aliphatic heterocycles. The summed E-state index contributed by atoms with van der Waals surface area (Å²) in [4.78, 5) is 13.6. The van der Waals surface area contributed by atoms with Crippen molar-refractivity contribution < 1.29 is 9.90 Å². The summed E-state index contributed by atoms with van der Waals surface area (Å²) in [5, 5.41) is 20.5. The predicted octanol–water partition coefficient (Wildman–Crippen LogP) is 5.83. The fourth-order valence-corrected chi connectivity index (χ4v) is 6.65. The molecular weight excluding hydrogens is 422 g/mol. The minimum Gasteiger partial charge on any atom is -0.390 e. The predicted molar refractivity (Wildman–Crippen MR) is 134 cm³/mol. The zero-order valence-electron chi connectivity index (χ0n) is 21.6. The van der Waals surface area contributed by atoms with Crippen molar-refractivity contribution >= 4 is 5.78 Å². The van der Waals surface area contributed by atoms with E-state index in [1.807, 2.05) is 6.92 Å². The third kappa shape index (κ3) is 4.73. The van der Waals surface area contributed by atoms with Crippen molar-refractivity contribution in [2.75, 3.05) is 0 Å². The molecule has 34 heavy (non-hydrogen) atoms. The Morgan fingerprint density at radius 3 is 2.50 bits per heavy atom. The van der Waals surface area contributed by atoms with Gasteiger partial charge in [-0.25, -0.2) is 0 Å². The van der Waals surface area contributed by atoms with Gasteiger partial charge < -0.3 is 9.67 Å². The van der Waals surface area contributed by atoms with Crippen LogP contribution in [0.2, 0.25) is 0 Å². The molecule has 3 atom stereocenters. The topological polar surface area (TPSA) is 68.0 Å². The number of hydrogen-bond donors (Lipinski definition) is 1. The molecule has 3 saturated carbocycles. The Bertz CT molecular complexity index is 1060. The summed E-state index contributed by atoms with van der Waals surface area (Å²) < 4.78 is 2.40. The molecule has 2 aromatic rings. The first kappa shape index (κ1) is 23.7. The molecule has 0 saturated heterocycles. The maximum absolute atomic E-state index is 13.6. The third-order valence-corrected chi connectivity index (χ3v) is 8.48. The van der Waals surface area contributed by atoms with Crippen LogP contribution < -0.4 is 0 Å². The molecule has 3 fully saturated rings. The molecule has 1 aromatic carbocycles. The number of aliphatic hydroxyl groups is 1. The molecule has 1 aromatic heterocycles. The maximum Gasteiger partial charge on any atom is 0.141 e. The van der Waals surface area contributed by atoms with Crippen LogP contribution in [0.3, 0.4) is 0 Å². The standard InChI is InChI=1S/C29H41N3O2/c1-17(2)10-20-12-22(13-20)27-30-31-28(32(27)23-8-9-23)25-16-29(5,34)15-24(25)26(33)14-21-7-6-18(3)11-19(21)4/h6-7,11,17,20,22-25,34H,8-10,12-16H2,1-5H3/t20?,22?,24-,25-,29?/m1/s1. The molecule has 0 amide bonds. The Morgan fingerprint density at radius 1 is 1.15 bits per heavy atom. The second-order valence-corrected chi connectivity index (χ2v) is 12.4. The van der Waals surface area contributed by atoms with Crippen LogP contribution in [0.1, 0.15) is 112 Å². The Morgan fingerprint density at radius 2 is 1.85 bits per heavy atom. The lowest BCUT2D eigenvalue weighted by Gasteiger charge is -2.36. The van der Waals surface area contributed by atoms with Crippen molar-refractivity contribution in [2.24, 2.45) is 17.8 Å². The van der Waals surface area contributed by atoms with E-state index < -0.39 is 5.60 Å². The van der Waals surface area contributed by atoms with Crippen molar-refractivity contribution in [2.45, 2.75) is 109 Å². The van der Waals surface area contributed by atoms with Gasteiger partial charge in [0.1, 0.15) is 17.4 Å². The molecule has 5 rings (SSSR count). The van der Waals surface area contributed by atoms with E-state index in [1.165, 1.54) is 43.2 Å². The van der Waals surface area contributed by atoms with Gasteiger partial charge in [0.15, 0.2) is 0 Å². The molecule has 3 aliphatic carbocycles. The highest BCUT2D eigenvalue weighted by Gasteiger charge is 2.49. The lowest BCUT2D eigenvalue weighted by atomic mass is 9.71. The Balaban J connectivity index is 1.39. The van der Waals surface area contributed by atoms with Gasteiger partial charge in [-0.1, -0.05) is 37.6 Å². The smallest absolute Gasteiger partial charge is 0.141 e. The zero-order chi connectivity index (χ0) is 24.2. The van der Waals surface area contributed by atoms with Crippen molar-refractivity contribution in [1.82, 2.24) is 14.8 Å². The summed E-state index contributed by atoms with van der Waals surface area (Å²) in [6, 6.07) is 6.79. The van der Waals surface area contributed by atoms with E-state index in [9.17, 15) is 9.90 Å². The van der Waals surface area contributed by atoms with Crippen molar-refractivity contribution in [3.05, 3.63) is 46.5 Å². The highest BCUT2D eigenvalue weighted by molar-refractivity contribution is 5.85. The number of nitrogens with zero attached hydrogens (tertiary/aromatic N) is 3. The first-order valence-electron chi connectivity index (χ1n) is 13.4. The number of benzene rings is 1. The number of aromatic nitrogens is 3. The van der Waals surface area contributed by atoms with Gasteiger partial charge in [-0.15, -0.1) is 10.2 Å². The lowest BCUT2D eigenvalue weighted by molar-refractivity contribution is -0.123.